The Balaban J connectivity index is 2.38. The Morgan fingerprint density at radius 2 is 1.27 bits per heavy atom. The van der Waals surface area contributed by atoms with Gasteiger partial charge in [0.2, 0.25) is 0 Å². The molecule has 0 spiro atoms. The maximum absolute atomic E-state index is 12.6. The molecule has 0 amide bonds. The van der Waals surface area contributed by atoms with Crippen LogP contribution in [0.4, 0.5) is 0 Å². The topological polar surface area (TPSA) is 84.9 Å². The van der Waals surface area contributed by atoms with Crippen molar-refractivity contribution < 1.29 is 32.5 Å². The molecule has 2 unspecified atom stereocenters. The van der Waals surface area contributed by atoms with Crippen LogP contribution in [-0.2, 0) is 24.8 Å². The highest BCUT2D eigenvalue weighted by atomic mass is 31.2. The molecule has 1 aromatic rings. The molecule has 0 aliphatic heterocycles. The number of carbonyl (C=O) groups is 1. The fourth-order valence-corrected chi connectivity index (χ4v) is 6.88. The van der Waals surface area contributed by atoms with Crippen molar-refractivity contribution in [1.29, 1.82) is 0 Å². The third kappa shape index (κ3) is 24.8. The first-order valence-electron chi connectivity index (χ1n) is 19.8. The Bertz CT molecular complexity index is 971. The molecule has 0 saturated carbocycles. The highest BCUT2D eigenvalue weighted by molar-refractivity contribution is 7.45. The van der Waals surface area contributed by atoms with Crippen LogP contribution in [0.2, 0.25) is 0 Å². The lowest BCUT2D eigenvalue weighted by atomic mass is 9.93. The molecule has 7 nitrogen and oxygen atoms in total. The molecular formula is C40H74NO6P. The summed E-state index contributed by atoms with van der Waals surface area (Å²) in [7, 11) is -0.136. The van der Waals surface area contributed by atoms with E-state index in [4.69, 9.17) is 13.8 Å². The van der Waals surface area contributed by atoms with Crippen LogP contribution < -0.4 is 9.63 Å². The first-order valence-corrected chi connectivity index (χ1v) is 21.2. The van der Waals surface area contributed by atoms with E-state index in [0.29, 0.717) is 25.9 Å². The molecule has 0 bridgehead atoms. The summed E-state index contributed by atoms with van der Waals surface area (Å²) in [4.78, 5) is 25.1. The largest absolute Gasteiger partial charge is 0.756 e. The van der Waals surface area contributed by atoms with Crippen molar-refractivity contribution in [2.45, 2.75) is 162 Å². The summed E-state index contributed by atoms with van der Waals surface area (Å²) >= 11 is 0. The van der Waals surface area contributed by atoms with E-state index in [9.17, 15) is 14.3 Å². The van der Waals surface area contributed by atoms with Crippen LogP contribution in [0.25, 0.3) is 0 Å². The van der Waals surface area contributed by atoms with Gasteiger partial charge in [0.25, 0.3) is 7.82 Å². The molecule has 0 radical (unpaired) electrons. The molecule has 1 aromatic carbocycles. The fraction of sp³-hybridized carbons (Fsp3) is 0.825. The number of hydrogen-bond donors (Lipinski definition) is 0. The second-order valence-corrected chi connectivity index (χ2v) is 16.0. The standard InChI is InChI=1S/C40H74NO6P/c1-6-9-10-11-12-13-14-15-16-17-18-19-20-21-22-26-32-45-40-30-24-23-29-38(40)34-37(35-39(42)28-7-2)36-47-48(43,44)46-33-27-25-31-41(4,5)8-3/h23-24,29-30,37H,6-22,25-28,31-36H2,1-5H3. The molecule has 280 valence electrons. The SMILES string of the molecule is CCCCCCCCCCCCCCCCCCOc1ccccc1CC(COP(=O)([O-])OCCCC[N+](C)(C)CC)CC(=O)CCC. The summed E-state index contributed by atoms with van der Waals surface area (Å²) in [6.07, 6.45) is 25.0. The first kappa shape index (κ1) is 44.8. The van der Waals surface area contributed by atoms with E-state index >= 15 is 0 Å². The molecule has 0 aliphatic carbocycles. The van der Waals surface area contributed by atoms with Crippen molar-refractivity contribution in [3.8, 4) is 5.75 Å². The Morgan fingerprint density at radius 3 is 1.83 bits per heavy atom. The molecule has 2 atom stereocenters. The summed E-state index contributed by atoms with van der Waals surface area (Å²) in [5.41, 5.74) is 0.977. The number of ketones is 1. The zero-order chi connectivity index (χ0) is 35.4. The van der Waals surface area contributed by atoms with Crippen LogP contribution in [0.3, 0.4) is 0 Å². The van der Waals surface area contributed by atoms with Gasteiger partial charge < -0.3 is 23.2 Å². The molecule has 0 heterocycles. The van der Waals surface area contributed by atoms with Gasteiger partial charge in [-0.3, -0.25) is 9.36 Å². The second kappa shape index (κ2) is 28.5. The summed E-state index contributed by atoms with van der Waals surface area (Å²) in [5.74, 6) is 0.648. The predicted molar refractivity (Wildman–Crippen MR) is 199 cm³/mol. The number of phosphoric ester groups is 1. The number of nitrogens with zero attached hydrogens (tertiary/aromatic N) is 1. The highest BCUT2D eigenvalue weighted by Gasteiger charge is 2.20. The van der Waals surface area contributed by atoms with Crippen LogP contribution in [0.1, 0.15) is 161 Å². The number of hydrogen-bond acceptors (Lipinski definition) is 6. The van der Waals surface area contributed by atoms with Gasteiger partial charge in [0.1, 0.15) is 11.5 Å². The lowest BCUT2D eigenvalue weighted by Gasteiger charge is -2.28. The second-order valence-electron chi connectivity index (χ2n) is 14.6. The number of rotatable bonds is 34. The van der Waals surface area contributed by atoms with E-state index in [0.717, 1.165) is 54.6 Å². The summed E-state index contributed by atoms with van der Waals surface area (Å²) in [6, 6.07) is 7.89. The van der Waals surface area contributed by atoms with Crippen LogP contribution in [0.5, 0.6) is 5.75 Å². The van der Waals surface area contributed by atoms with Gasteiger partial charge in [-0.25, -0.2) is 0 Å². The molecule has 0 aliphatic rings. The number of ether oxygens (including phenoxy) is 1. The van der Waals surface area contributed by atoms with Gasteiger partial charge in [0.15, 0.2) is 0 Å². The number of para-hydroxylation sites is 1. The fourth-order valence-electron chi connectivity index (χ4n) is 6.06. The summed E-state index contributed by atoms with van der Waals surface area (Å²) < 4.78 is 30.1. The quantitative estimate of drug-likeness (QED) is 0.0405. The zero-order valence-corrected chi connectivity index (χ0v) is 32.7. The van der Waals surface area contributed by atoms with Crippen LogP contribution in [0.15, 0.2) is 24.3 Å². The Kier molecular flexibility index (Phi) is 26.5. The molecule has 8 heteroatoms. The minimum Gasteiger partial charge on any atom is -0.756 e. The summed E-state index contributed by atoms with van der Waals surface area (Å²) in [5, 5.41) is 0. The van der Waals surface area contributed by atoms with Crippen LogP contribution >= 0.6 is 7.82 Å². The number of Topliss-reactive ketones (excluding diaryl/α,β-unsaturated/α-hetero) is 1. The number of unbranched alkanes of at least 4 members (excludes halogenated alkanes) is 16. The van der Waals surface area contributed by atoms with Gasteiger partial charge in [0, 0.05) is 12.8 Å². The zero-order valence-electron chi connectivity index (χ0n) is 31.8. The van der Waals surface area contributed by atoms with Crippen molar-refractivity contribution in [2.24, 2.45) is 5.92 Å². The Morgan fingerprint density at radius 1 is 0.729 bits per heavy atom. The Labute approximate surface area is 296 Å². The number of carbonyl (C=O) groups excluding carboxylic acids is 1. The van der Waals surface area contributed by atoms with Crippen LogP contribution in [-0.4, -0.2) is 57.3 Å². The van der Waals surface area contributed by atoms with Gasteiger partial charge in [-0.05, 0) is 56.6 Å². The lowest BCUT2D eigenvalue weighted by molar-refractivity contribution is -0.888. The number of quaternary nitrogens is 1. The summed E-state index contributed by atoms with van der Waals surface area (Å²) in [6.45, 7) is 9.07. The van der Waals surface area contributed by atoms with Gasteiger partial charge >= 0.3 is 0 Å². The molecular weight excluding hydrogens is 621 g/mol. The van der Waals surface area contributed by atoms with E-state index in [1.807, 2.05) is 31.2 Å². The van der Waals surface area contributed by atoms with Crippen molar-refractivity contribution in [2.75, 3.05) is 47.0 Å². The molecule has 0 saturated heterocycles. The normalized spacial score (nSPS) is 13.8. The number of phosphoric acid groups is 1. The van der Waals surface area contributed by atoms with E-state index in [2.05, 4.69) is 27.9 Å². The van der Waals surface area contributed by atoms with Gasteiger partial charge in [-0.2, -0.15) is 0 Å². The molecule has 48 heavy (non-hydrogen) atoms. The minimum atomic E-state index is -4.46. The molecule has 1 rings (SSSR count). The third-order valence-corrected chi connectivity index (χ3v) is 10.5. The van der Waals surface area contributed by atoms with Crippen molar-refractivity contribution in [1.82, 2.24) is 0 Å². The van der Waals surface area contributed by atoms with Crippen LogP contribution in [0, 0.1) is 5.92 Å². The van der Waals surface area contributed by atoms with Crippen molar-refractivity contribution >= 4 is 13.6 Å². The van der Waals surface area contributed by atoms with E-state index in [1.165, 1.54) is 89.9 Å². The van der Waals surface area contributed by atoms with Crippen molar-refractivity contribution in [3.63, 3.8) is 0 Å². The van der Waals surface area contributed by atoms with Gasteiger partial charge in [-0.15, -0.1) is 0 Å². The van der Waals surface area contributed by atoms with Gasteiger partial charge in [0.05, 0.1) is 47.0 Å². The molecule has 0 fully saturated rings. The molecule has 0 aromatic heterocycles. The first-order chi connectivity index (χ1) is 23.1. The van der Waals surface area contributed by atoms with E-state index in [-0.39, 0.29) is 31.3 Å². The maximum Gasteiger partial charge on any atom is 0.267 e. The molecule has 0 N–H and O–H groups in total. The minimum absolute atomic E-state index is 0.0799. The Hall–Kier alpha value is -1.24. The average molecular weight is 696 g/mol. The van der Waals surface area contributed by atoms with E-state index in [1.54, 1.807) is 0 Å². The average Bonchev–Trinajstić information content (AvgIpc) is 3.05. The monoisotopic (exact) mass is 696 g/mol. The van der Waals surface area contributed by atoms with E-state index < -0.39 is 7.82 Å². The smallest absolute Gasteiger partial charge is 0.267 e. The van der Waals surface area contributed by atoms with Gasteiger partial charge in [-0.1, -0.05) is 128 Å². The number of benzene rings is 1. The van der Waals surface area contributed by atoms with Crippen molar-refractivity contribution in [3.05, 3.63) is 29.8 Å². The lowest BCUT2D eigenvalue weighted by Crippen LogP contribution is -2.40. The maximum atomic E-state index is 12.6. The predicted octanol–water partition coefficient (Wildman–Crippen LogP) is 10.6. The third-order valence-electron chi connectivity index (χ3n) is 9.51. The highest BCUT2D eigenvalue weighted by Crippen LogP contribution is 2.39.